The smallest absolute Gasteiger partial charge is 0.292 e. The number of nitrogens with zero attached hydrogens (tertiary/aromatic N) is 1. The zero-order valence-corrected chi connectivity index (χ0v) is 12.0. The van der Waals surface area contributed by atoms with E-state index in [0.717, 1.165) is 17.5 Å². The number of nitro groups is 1. The largest absolute Gasteiger partial charge is 0.373 e. The summed E-state index contributed by atoms with van der Waals surface area (Å²) in [6.07, 6.45) is 0.733. The van der Waals surface area contributed by atoms with Crippen molar-refractivity contribution in [1.82, 2.24) is 0 Å². The lowest BCUT2D eigenvalue weighted by molar-refractivity contribution is -0.384. The van der Waals surface area contributed by atoms with Crippen molar-refractivity contribution >= 4 is 11.4 Å². The van der Waals surface area contributed by atoms with Gasteiger partial charge in [0, 0.05) is 6.07 Å². The van der Waals surface area contributed by atoms with Gasteiger partial charge in [0.1, 0.15) is 11.5 Å². The van der Waals surface area contributed by atoms with Crippen molar-refractivity contribution in [3.05, 3.63) is 69.5 Å². The number of aryl methyl sites for hydroxylation is 1. The van der Waals surface area contributed by atoms with Crippen LogP contribution in [0.15, 0.2) is 42.5 Å². The Labute approximate surface area is 122 Å². The predicted molar refractivity (Wildman–Crippen MR) is 80.9 cm³/mol. The van der Waals surface area contributed by atoms with Crippen molar-refractivity contribution in [2.45, 2.75) is 26.3 Å². The Morgan fingerprint density at radius 3 is 2.48 bits per heavy atom. The first-order valence-corrected chi connectivity index (χ1v) is 6.78. The second-order valence-electron chi connectivity index (χ2n) is 4.93. The third kappa shape index (κ3) is 3.56. The van der Waals surface area contributed by atoms with Crippen molar-refractivity contribution in [3.8, 4) is 0 Å². The molecule has 0 aliphatic rings. The first-order valence-electron chi connectivity index (χ1n) is 6.78. The summed E-state index contributed by atoms with van der Waals surface area (Å²) in [6, 6.07) is 11.1. The number of nitro benzene ring substituents is 1. The molecule has 0 aromatic heterocycles. The molecule has 0 aliphatic carbocycles. The highest BCUT2D eigenvalue weighted by molar-refractivity contribution is 5.63. The van der Waals surface area contributed by atoms with E-state index in [2.05, 4.69) is 5.32 Å². The average molecular weight is 288 g/mol. The Kier molecular flexibility index (Phi) is 4.52. The monoisotopic (exact) mass is 288 g/mol. The fourth-order valence-electron chi connectivity index (χ4n) is 2.22. The van der Waals surface area contributed by atoms with Gasteiger partial charge in [0.05, 0.1) is 11.0 Å². The minimum absolute atomic E-state index is 0.0514. The van der Waals surface area contributed by atoms with Crippen LogP contribution in [0, 0.1) is 22.9 Å². The Bertz CT molecular complexity index is 641. The number of hydrogen-bond acceptors (Lipinski definition) is 3. The number of halogens is 1. The van der Waals surface area contributed by atoms with Crippen LogP contribution in [0.1, 0.15) is 30.5 Å². The molecule has 1 unspecified atom stereocenters. The zero-order valence-electron chi connectivity index (χ0n) is 12.0. The Hall–Kier alpha value is -2.43. The van der Waals surface area contributed by atoms with E-state index in [1.165, 1.54) is 12.1 Å². The number of rotatable bonds is 5. The molecule has 4 nitrogen and oxygen atoms in total. The molecular formula is C16H17FN2O2. The van der Waals surface area contributed by atoms with Crippen LogP contribution in [0.5, 0.6) is 0 Å². The quantitative estimate of drug-likeness (QED) is 0.646. The van der Waals surface area contributed by atoms with Crippen LogP contribution in [0.3, 0.4) is 0 Å². The van der Waals surface area contributed by atoms with Crippen molar-refractivity contribution in [2.75, 3.05) is 5.32 Å². The maximum Gasteiger partial charge on any atom is 0.292 e. The lowest BCUT2D eigenvalue weighted by Crippen LogP contribution is -2.11. The predicted octanol–water partition coefficient (Wildman–Crippen LogP) is 4.61. The van der Waals surface area contributed by atoms with Crippen molar-refractivity contribution in [1.29, 1.82) is 0 Å². The molecule has 5 heteroatoms. The number of anilines is 1. The summed E-state index contributed by atoms with van der Waals surface area (Å²) >= 11 is 0. The molecule has 2 aromatic carbocycles. The normalized spacial score (nSPS) is 12.0. The first-order chi connectivity index (χ1) is 10.0. The van der Waals surface area contributed by atoms with E-state index in [-0.39, 0.29) is 17.5 Å². The van der Waals surface area contributed by atoms with E-state index < -0.39 is 4.92 Å². The average Bonchev–Trinajstić information content (AvgIpc) is 2.47. The zero-order chi connectivity index (χ0) is 15.4. The molecule has 1 N–H and O–H groups in total. The van der Waals surface area contributed by atoms with Crippen LogP contribution >= 0.6 is 0 Å². The molecule has 0 fully saturated rings. The number of nitrogens with one attached hydrogen (secondary N) is 1. The van der Waals surface area contributed by atoms with Gasteiger partial charge in [-0.1, -0.05) is 25.1 Å². The van der Waals surface area contributed by atoms with Gasteiger partial charge in [0.15, 0.2) is 0 Å². The highest BCUT2D eigenvalue weighted by Crippen LogP contribution is 2.30. The lowest BCUT2D eigenvalue weighted by atomic mass is 10.0. The molecule has 0 radical (unpaired) electrons. The standard InChI is InChI=1S/C16H17FN2O2/c1-3-14(12-5-7-13(17)8-6-12)18-15-9-4-11(2)10-16(15)19(20)21/h4-10,14,18H,3H2,1-2H3. The molecule has 0 saturated carbocycles. The molecule has 0 spiro atoms. The topological polar surface area (TPSA) is 55.2 Å². The molecule has 0 aliphatic heterocycles. The van der Waals surface area contributed by atoms with Crippen LogP contribution in [-0.2, 0) is 0 Å². The Balaban J connectivity index is 2.30. The minimum atomic E-state index is -0.396. The van der Waals surface area contributed by atoms with E-state index in [1.54, 1.807) is 24.3 Å². The van der Waals surface area contributed by atoms with Crippen LogP contribution in [-0.4, -0.2) is 4.92 Å². The summed E-state index contributed by atoms with van der Waals surface area (Å²) in [7, 11) is 0. The van der Waals surface area contributed by atoms with Crippen molar-refractivity contribution in [3.63, 3.8) is 0 Å². The molecule has 0 saturated heterocycles. The van der Waals surface area contributed by atoms with Gasteiger partial charge in [-0.2, -0.15) is 0 Å². The van der Waals surface area contributed by atoms with Crippen LogP contribution in [0.2, 0.25) is 0 Å². The van der Waals surface area contributed by atoms with Crippen LogP contribution < -0.4 is 5.32 Å². The minimum Gasteiger partial charge on any atom is -0.373 e. The second kappa shape index (κ2) is 6.35. The van der Waals surface area contributed by atoms with E-state index in [1.807, 2.05) is 19.9 Å². The SMILES string of the molecule is CCC(Nc1ccc(C)cc1[N+](=O)[O-])c1ccc(F)cc1. The highest BCUT2D eigenvalue weighted by atomic mass is 19.1. The van der Waals surface area contributed by atoms with Gasteiger partial charge in [-0.3, -0.25) is 10.1 Å². The second-order valence-corrected chi connectivity index (χ2v) is 4.93. The van der Waals surface area contributed by atoms with E-state index in [4.69, 9.17) is 0 Å². The van der Waals surface area contributed by atoms with Gasteiger partial charge in [-0.05, 0) is 42.7 Å². The van der Waals surface area contributed by atoms with Crippen molar-refractivity contribution < 1.29 is 9.31 Å². The van der Waals surface area contributed by atoms with Crippen molar-refractivity contribution in [2.24, 2.45) is 0 Å². The molecule has 0 bridgehead atoms. The summed E-state index contributed by atoms with van der Waals surface area (Å²) in [6.45, 7) is 3.79. The first kappa shape index (κ1) is 15.0. The summed E-state index contributed by atoms with van der Waals surface area (Å²) in [5.74, 6) is -0.296. The molecule has 0 heterocycles. The van der Waals surface area contributed by atoms with E-state index >= 15 is 0 Å². The van der Waals surface area contributed by atoms with Crippen LogP contribution in [0.4, 0.5) is 15.8 Å². The van der Waals surface area contributed by atoms with Gasteiger partial charge in [-0.25, -0.2) is 4.39 Å². The Morgan fingerprint density at radius 1 is 1.24 bits per heavy atom. The molecule has 2 aromatic rings. The molecular weight excluding hydrogens is 271 g/mol. The van der Waals surface area contributed by atoms with E-state index in [0.29, 0.717) is 5.69 Å². The molecule has 21 heavy (non-hydrogen) atoms. The Morgan fingerprint density at radius 2 is 1.90 bits per heavy atom. The summed E-state index contributed by atoms with van der Waals surface area (Å²) in [5.41, 5.74) is 2.26. The van der Waals surface area contributed by atoms with Gasteiger partial charge >= 0.3 is 0 Å². The van der Waals surface area contributed by atoms with Gasteiger partial charge in [0.25, 0.3) is 5.69 Å². The number of benzene rings is 2. The highest BCUT2D eigenvalue weighted by Gasteiger charge is 2.17. The van der Waals surface area contributed by atoms with E-state index in [9.17, 15) is 14.5 Å². The maximum absolute atomic E-state index is 13.0. The summed E-state index contributed by atoms with van der Waals surface area (Å²) in [4.78, 5) is 10.7. The molecule has 0 amide bonds. The van der Waals surface area contributed by atoms with Gasteiger partial charge < -0.3 is 5.32 Å². The third-order valence-corrected chi connectivity index (χ3v) is 3.36. The summed E-state index contributed by atoms with van der Waals surface area (Å²) < 4.78 is 13.0. The third-order valence-electron chi connectivity index (χ3n) is 3.36. The summed E-state index contributed by atoms with van der Waals surface area (Å²) in [5, 5.41) is 14.3. The molecule has 110 valence electrons. The van der Waals surface area contributed by atoms with Gasteiger partial charge in [0.2, 0.25) is 0 Å². The number of hydrogen-bond donors (Lipinski definition) is 1. The lowest BCUT2D eigenvalue weighted by Gasteiger charge is -2.19. The molecule has 2 rings (SSSR count). The van der Waals surface area contributed by atoms with Gasteiger partial charge in [-0.15, -0.1) is 0 Å². The fourth-order valence-corrected chi connectivity index (χ4v) is 2.22. The fraction of sp³-hybridized carbons (Fsp3) is 0.250. The van der Waals surface area contributed by atoms with Crippen LogP contribution in [0.25, 0.3) is 0 Å². The maximum atomic E-state index is 13.0. The molecule has 1 atom stereocenters.